The van der Waals surface area contributed by atoms with Gasteiger partial charge in [-0.05, 0) is 141 Å². The van der Waals surface area contributed by atoms with Gasteiger partial charge >= 0.3 is 17.9 Å². The first kappa shape index (κ1) is 74.0. The average Bonchev–Trinajstić information content (AvgIpc) is 3.45. The van der Waals surface area contributed by atoms with Crippen LogP contribution in [0.25, 0.3) is 0 Å². The van der Waals surface area contributed by atoms with Crippen molar-refractivity contribution in [2.45, 2.75) is 271 Å². The Morgan fingerprint density at radius 1 is 0.266 bits per heavy atom. The van der Waals surface area contributed by atoms with E-state index < -0.39 is 6.10 Å². The smallest absolute Gasteiger partial charge is 0.306 e. The van der Waals surface area contributed by atoms with Gasteiger partial charge in [0, 0.05) is 19.3 Å². The highest BCUT2D eigenvalue weighted by molar-refractivity contribution is 5.71. The van der Waals surface area contributed by atoms with E-state index in [4.69, 9.17) is 14.2 Å². The predicted molar refractivity (Wildman–Crippen MR) is 343 cm³/mol. The number of hydrogen-bond donors (Lipinski definition) is 0. The van der Waals surface area contributed by atoms with Gasteiger partial charge < -0.3 is 14.2 Å². The van der Waals surface area contributed by atoms with Crippen LogP contribution >= 0.6 is 0 Å². The maximum Gasteiger partial charge on any atom is 0.306 e. The first-order chi connectivity index (χ1) is 39.0. The Hall–Kier alpha value is -4.97. The van der Waals surface area contributed by atoms with Crippen LogP contribution < -0.4 is 0 Å². The zero-order chi connectivity index (χ0) is 57.1. The summed E-state index contributed by atoms with van der Waals surface area (Å²) in [7, 11) is 0. The molecule has 0 aliphatic heterocycles. The van der Waals surface area contributed by atoms with E-state index in [1.165, 1.54) is 89.9 Å². The highest BCUT2D eigenvalue weighted by atomic mass is 16.6. The van der Waals surface area contributed by atoms with Gasteiger partial charge in [0.25, 0.3) is 0 Å². The van der Waals surface area contributed by atoms with Crippen molar-refractivity contribution < 1.29 is 28.6 Å². The van der Waals surface area contributed by atoms with E-state index in [-0.39, 0.29) is 37.5 Å². The molecule has 6 heteroatoms. The van der Waals surface area contributed by atoms with Crippen molar-refractivity contribution >= 4 is 17.9 Å². The molecule has 0 fully saturated rings. The molecule has 0 aliphatic carbocycles. The second-order valence-electron chi connectivity index (χ2n) is 20.5. The van der Waals surface area contributed by atoms with Crippen molar-refractivity contribution in [3.63, 3.8) is 0 Å². The van der Waals surface area contributed by atoms with Crippen molar-refractivity contribution in [3.8, 4) is 0 Å². The predicted octanol–water partition coefficient (Wildman–Crippen LogP) is 22.1. The second kappa shape index (κ2) is 65.5. The van der Waals surface area contributed by atoms with Gasteiger partial charge in [-0.1, -0.05) is 262 Å². The number of esters is 3. The van der Waals surface area contributed by atoms with Crippen LogP contribution in [0.3, 0.4) is 0 Å². The lowest BCUT2D eigenvalue weighted by molar-refractivity contribution is -0.167. The van der Waals surface area contributed by atoms with E-state index in [0.29, 0.717) is 19.3 Å². The molecular formula is C73H116O6. The van der Waals surface area contributed by atoms with Gasteiger partial charge in [-0.15, -0.1) is 0 Å². The normalized spacial score (nSPS) is 13.2. The van der Waals surface area contributed by atoms with E-state index >= 15 is 0 Å². The minimum atomic E-state index is -0.825. The second-order valence-corrected chi connectivity index (χ2v) is 20.5. The Morgan fingerprint density at radius 3 is 0.848 bits per heavy atom. The molecule has 0 aliphatic rings. The summed E-state index contributed by atoms with van der Waals surface area (Å²) in [5.41, 5.74) is 0. The summed E-state index contributed by atoms with van der Waals surface area (Å²) in [6, 6.07) is 0. The maximum absolute atomic E-state index is 12.9. The summed E-state index contributed by atoms with van der Waals surface area (Å²) in [6.07, 6.45) is 95.3. The molecule has 6 nitrogen and oxygen atoms in total. The van der Waals surface area contributed by atoms with Gasteiger partial charge in [0.05, 0.1) is 0 Å². The Kier molecular flexibility index (Phi) is 61.4. The monoisotopic (exact) mass is 1090 g/mol. The van der Waals surface area contributed by atoms with Crippen molar-refractivity contribution in [1.29, 1.82) is 0 Å². The minimum absolute atomic E-state index is 0.120. The fourth-order valence-corrected chi connectivity index (χ4v) is 8.28. The SMILES string of the molecule is CC/C=C\C/C=C\C/C=C\C/C=C\C/C=C\C/C=C\C/C=C\CCCCCC(=O)OCC(COC(=O)CCC/C=C\C/C=C\C/C=C\C/C=C\C/C=C\CC)OC(=O)CCCCCCCCCCC/C=C\CCCCCCCC. The molecule has 0 N–H and O–H groups in total. The number of ether oxygens (including phenoxy) is 3. The zero-order valence-electron chi connectivity index (χ0n) is 50.8. The third-order valence-corrected chi connectivity index (χ3v) is 13.0. The molecule has 0 aromatic rings. The molecule has 0 spiro atoms. The van der Waals surface area contributed by atoms with Gasteiger partial charge in [0.15, 0.2) is 6.10 Å². The topological polar surface area (TPSA) is 78.9 Å². The number of carbonyl (C=O) groups is 3. The van der Waals surface area contributed by atoms with Gasteiger partial charge in [-0.25, -0.2) is 0 Å². The summed E-state index contributed by atoms with van der Waals surface area (Å²) in [4.78, 5) is 38.3. The molecule has 0 aromatic heterocycles. The standard InChI is InChI=1S/C73H116O6/c1-4-7-10-13-16-19-22-25-28-31-33-34-35-36-37-38-40-42-45-48-51-54-57-60-63-66-72(75)78-69-70(68-77-71(74)65-62-59-56-53-50-47-44-41-30-27-24-21-18-15-12-9-6-3)79-73(76)67-64-61-58-55-52-49-46-43-39-32-29-26-23-20-17-14-11-8-5-2/h7,9-10,12,16,18-19,21,25-30,33-34,36-37,40,42,44,47-48,51,53,56,70H,4-6,8,11,13-15,17,20,22-24,31-32,35,38-39,41,43,45-46,49-50,52,54-55,57-69H2,1-3H3/b10-7-,12-9-,19-16-,21-18-,28-25-,29-26-,30-27-,34-33-,37-36-,42-40-,47-44-,51-48-,56-53-. The summed E-state index contributed by atoms with van der Waals surface area (Å²) in [5, 5.41) is 0. The number of rotatable bonds is 56. The van der Waals surface area contributed by atoms with E-state index in [9.17, 15) is 14.4 Å². The molecule has 0 heterocycles. The quantitative estimate of drug-likeness (QED) is 0.0261. The van der Waals surface area contributed by atoms with E-state index in [0.717, 1.165) is 128 Å². The van der Waals surface area contributed by atoms with Crippen LogP contribution in [0, 0.1) is 0 Å². The van der Waals surface area contributed by atoms with Crippen LogP contribution in [0.2, 0.25) is 0 Å². The van der Waals surface area contributed by atoms with Crippen LogP contribution in [-0.4, -0.2) is 37.2 Å². The molecule has 0 aromatic carbocycles. The third kappa shape index (κ3) is 63.7. The molecule has 0 rings (SSSR count). The van der Waals surface area contributed by atoms with E-state index in [1.807, 2.05) is 0 Å². The van der Waals surface area contributed by atoms with Crippen LogP contribution in [0.15, 0.2) is 158 Å². The van der Waals surface area contributed by atoms with E-state index in [1.54, 1.807) is 0 Å². The fourth-order valence-electron chi connectivity index (χ4n) is 8.28. The molecule has 1 atom stereocenters. The zero-order valence-corrected chi connectivity index (χ0v) is 50.8. The summed E-state index contributed by atoms with van der Waals surface area (Å²) in [6.45, 7) is 6.33. The molecule has 0 saturated carbocycles. The highest BCUT2D eigenvalue weighted by Gasteiger charge is 2.19. The Labute approximate surface area is 486 Å². The number of carbonyl (C=O) groups excluding carboxylic acids is 3. The van der Waals surface area contributed by atoms with Crippen LogP contribution in [0.1, 0.15) is 265 Å². The fraction of sp³-hybridized carbons (Fsp3) is 0.603. The van der Waals surface area contributed by atoms with Crippen LogP contribution in [-0.2, 0) is 28.6 Å². The first-order valence-electron chi connectivity index (χ1n) is 32.0. The molecule has 79 heavy (non-hydrogen) atoms. The molecule has 1 unspecified atom stereocenters. The molecule has 444 valence electrons. The Morgan fingerprint density at radius 2 is 0.506 bits per heavy atom. The van der Waals surface area contributed by atoms with Gasteiger partial charge in [-0.3, -0.25) is 14.4 Å². The average molecular weight is 1090 g/mol. The largest absolute Gasteiger partial charge is 0.462 e. The van der Waals surface area contributed by atoms with Gasteiger partial charge in [-0.2, -0.15) is 0 Å². The molecule has 0 amide bonds. The number of allylic oxidation sites excluding steroid dienone is 26. The van der Waals surface area contributed by atoms with Crippen molar-refractivity contribution in [2.75, 3.05) is 13.2 Å². The molecule has 0 bridgehead atoms. The lowest BCUT2D eigenvalue weighted by Crippen LogP contribution is -2.30. The van der Waals surface area contributed by atoms with Crippen LogP contribution in [0.4, 0.5) is 0 Å². The van der Waals surface area contributed by atoms with Crippen molar-refractivity contribution in [1.82, 2.24) is 0 Å². The highest BCUT2D eigenvalue weighted by Crippen LogP contribution is 2.14. The Bertz CT molecular complexity index is 1780. The van der Waals surface area contributed by atoms with Gasteiger partial charge in [0.1, 0.15) is 13.2 Å². The van der Waals surface area contributed by atoms with Crippen molar-refractivity contribution in [2.24, 2.45) is 0 Å². The lowest BCUT2D eigenvalue weighted by atomic mass is 10.1. The van der Waals surface area contributed by atoms with E-state index in [2.05, 4.69) is 179 Å². The van der Waals surface area contributed by atoms with Crippen molar-refractivity contribution in [3.05, 3.63) is 158 Å². The Balaban J connectivity index is 4.54. The molecular weight excluding hydrogens is 973 g/mol. The van der Waals surface area contributed by atoms with Crippen LogP contribution in [0.5, 0.6) is 0 Å². The molecule has 0 saturated heterocycles. The van der Waals surface area contributed by atoms with Gasteiger partial charge in [0.2, 0.25) is 0 Å². The lowest BCUT2D eigenvalue weighted by Gasteiger charge is -2.18. The maximum atomic E-state index is 12.9. The number of unbranched alkanes of at least 4 members (excludes halogenated alkanes) is 19. The first-order valence-corrected chi connectivity index (χ1v) is 32.0. The minimum Gasteiger partial charge on any atom is -0.462 e. The third-order valence-electron chi connectivity index (χ3n) is 13.0. The number of hydrogen-bond acceptors (Lipinski definition) is 6. The molecule has 0 radical (unpaired) electrons. The summed E-state index contributed by atoms with van der Waals surface area (Å²) in [5.74, 6) is -1.01. The summed E-state index contributed by atoms with van der Waals surface area (Å²) >= 11 is 0. The summed E-state index contributed by atoms with van der Waals surface area (Å²) < 4.78 is 16.9.